The van der Waals surface area contributed by atoms with Gasteiger partial charge >= 0.3 is 0 Å². The molecule has 0 aliphatic carbocycles. The first-order chi connectivity index (χ1) is 6.24. The zero-order valence-corrected chi connectivity index (χ0v) is 9.99. The maximum Gasteiger partial charge on any atom is 0.0200 e. The molecule has 2 nitrogen and oxygen atoms in total. The average molecular weight is 204 g/mol. The molecule has 0 aromatic carbocycles. The summed E-state index contributed by atoms with van der Waals surface area (Å²) < 4.78 is 0. The van der Waals surface area contributed by atoms with Crippen LogP contribution in [0.1, 0.15) is 33.6 Å². The van der Waals surface area contributed by atoms with Crippen LogP contribution in [-0.2, 0) is 0 Å². The van der Waals surface area contributed by atoms with Crippen molar-refractivity contribution >= 4 is 11.8 Å². The minimum absolute atomic E-state index is 0.508. The van der Waals surface area contributed by atoms with Gasteiger partial charge in [-0.2, -0.15) is 11.8 Å². The first-order valence-electron chi connectivity index (χ1n) is 5.28. The van der Waals surface area contributed by atoms with E-state index in [1.807, 2.05) is 11.8 Å². The molecule has 0 spiro atoms. The van der Waals surface area contributed by atoms with E-state index >= 15 is 0 Å². The lowest BCUT2D eigenvalue weighted by atomic mass is 10.2. The number of rotatable bonds is 8. The second-order valence-electron chi connectivity index (χ2n) is 3.39. The summed E-state index contributed by atoms with van der Waals surface area (Å²) in [4.78, 5) is 0. The first-order valence-corrected chi connectivity index (χ1v) is 6.43. The molecule has 80 valence electrons. The van der Waals surface area contributed by atoms with Crippen molar-refractivity contribution in [3.8, 4) is 0 Å². The van der Waals surface area contributed by atoms with Gasteiger partial charge < -0.3 is 11.1 Å². The Balaban J connectivity index is 3.50. The zero-order chi connectivity index (χ0) is 10.1. The van der Waals surface area contributed by atoms with Crippen LogP contribution in [0.5, 0.6) is 0 Å². The van der Waals surface area contributed by atoms with Gasteiger partial charge in [-0.15, -0.1) is 0 Å². The van der Waals surface area contributed by atoms with Gasteiger partial charge in [-0.1, -0.05) is 13.8 Å². The van der Waals surface area contributed by atoms with E-state index in [4.69, 9.17) is 5.73 Å². The SMILES string of the molecule is CCSCCC(CN)NC(C)CC. The van der Waals surface area contributed by atoms with Gasteiger partial charge in [0.1, 0.15) is 0 Å². The summed E-state index contributed by atoms with van der Waals surface area (Å²) in [5.74, 6) is 2.43. The Morgan fingerprint density at radius 2 is 2.08 bits per heavy atom. The van der Waals surface area contributed by atoms with Crippen LogP contribution in [-0.4, -0.2) is 30.1 Å². The molecule has 0 bridgehead atoms. The van der Waals surface area contributed by atoms with Crippen LogP contribution in [0.4, 0.5) is 0 Å². The maximum absolute atomic E-state index is 5.69. The van der Waals surface area contributed by atoms with Crippen LogP contribution in [0.2, 0.25) is 0 Å². The van der Waals surface area contributed by atoms with E-state index in [0.29, 0.717) is 12.1 Å². The predicted octanol–water partition coefficient (Wildman–Crippen LogP) is 1.84. The Bertz CT molecular complexity index is 109. The van der Waals surface area contributed by atoms with E-state index in [9.17, 15) is 0 Å². The molecule has 0 heterocycles. The number of hydrogen-bond donors (Lipinski definition) is 2. The lowest BCUT2D eigenvalue weighted by Crippen LogP contribution is -2.41. The van der Waals surface area contributed by atoms with E-state index in [2.05, 4.69) is 26.1 Å². The Morgan fingerprint density at radius 3 is 2.54 bits per heavy atom. The molecule has 0 aromatic heterocycles. The molecule has 0 saturated heterocycles. The van der Waals surface area contributed by atoms with Gasteiger partial charge in [0.15, 0.2) is 0 Å². The molecule has 2 atom stereocenters. The van der Waals surface area contributed by atoms with Crippen molar-refractivity contribution in [3.63, 3.8) is 0 Å². The van der Waals surface area contributed by atoms with Crippen molar-refractivity contribution in [2.45, 2.75) is 45.7 Å². The van der Waals surface area contributed by atoms with Gasteiger partial charge in [0.05, 0.1) is 0 Å². The molecule has 0 rings (SSSR count). The van der Waals surface area contributed by atoms with Crippen molar-refractivity contribution in [3.05, 3.63) is 0 Å². The fourth-order valence-electron chi connectivity index (χ4n) is 1.16. The summed E-state index contributed by atoms with van der Waals surface area (Å²) in [7, 11) is 0. The Kier molecular flexibility index (Phi) is 9.03. The van der Waals surface area contributed by atoms with Crippen LogP contribution in [0.15, 0.2) is 0 Å². The van der Waals surface area contributed by atoms with Crippen LogP contribution in [0, 0.1) is 0 Å². The zero-order valence-electron chi connectivity index (χ0n) is 9.18. The summed E-state index contributed by atoms with van der Waals surface area (Å²) in [6.45, 7) is 7.38. The van der Waals surface area contributed by atoms with Gasteiger partial charge in [0.25, 0.3) is 0 Å². The highest BCUT2D eigenvalue weighted by Gasteiger charge is 2.08. The highest BCUT2D eigenvalue weighted by atomic mass is 32.2. The average Bonchev–Trinajstić information content (AvgIpc) is 2.16. The highest BCUT2D eigenvalue weighted by molar-refractivity contribution is 7.99. The van der Waals surface area contributed by atoms with Gasteiger partial charge in [0, 0.05) is 18.6 Å². The standard InChI is InChI=1S/C10H24N2S/c1-4-9(3)12-10(8-11)6-7-13-5-2/h9-10,12H,4-8,11H2,1-3H3. The predicted molar refractivity (Wildman–Crippen MR) is 63.3 cm³/mol. The van der Waals surface area contributed by atoms with E-state index in [1.165, 1.54) is 24.3 Å². The Hall–Kier alpha value is 0.270. The fourth-order valence-corrected chi connectivity index (χ4v) is 1.90. The third-order valence-corrected chi connectivity index (χ3v) is 3.16. The van der Waals surface area contributed by atoms with Gasteiger partial charge in [-0.05, 0) is 31.3 Å². The van der Waals surface area contributed by atoms with E-state index < -0.39 is 0 Å². The third-order valence-electron chi connectivity index (χ3n) is 2.23. The monoisotopic (exact) mass is 204 g/mol. The van der Waals surface area contributed by atoms with E-state index in [1.54, 1.807) is 0 Å². The molecular weight excluding hydrogens is 180 g/mol. The van der Waals surface area contributed by atoms with Crippen LogP contribution in [0.3, 0.4) is 0 Å². The molecule has 3 heteroatoms. The summed E-state index contributed by atoms with van der Waals surface area (Å²) in [5, 5.41) is 3.54. The molecule has 0 fully saturated rings. The minimum atomic E-state index is 0.508. The minimum Gasteiger partial charge on any atom is -0.329 e. The fraction of sp³-hybridized carbons (Fsp3) is 1.00. The smallest absolute Gasteiger partial charge is 0.0200 e. The molecule has 0 amide bonds. The number of nitrogens with two attached hydrogens (primary N) is 1. The molecule has 3 N–H and O–H groups in total. The second-order valence-corrected chi connectivity index (χ2v) is 4.79. The molecule has 0 saturated carbocycles. The molecule has 2 unspecified atom stereocenters. The van der Waals surface area contributed by atoms with Crippen LogP contribution in [0.25, 0.3) is 0 Å². The lowest BCUT2D eigenvalue weighted by Gasteiger charge is -2.20. The molecular formula is C10H24N2S. The number of nitrogens with one attached hydrogen (secondary N) is 1. The third kappa shape index (κ3) is 7.35. The first kappa shape index (κ1) is 13.3. The summed E-state index contributed by atoms with van der Waals surface area (Å²) in [5.41, 5.74) is 5.69. The Labute approximate surface area is 87.0 Å². The normalized spacial score (nSPS) is 15.7. The maximum atomic E-state index is 5.69. The summed E-state index contributed by atoms with van der Waals surface area (Å²) >= 11 is 1.99. The quantitative estimate of drug-likeness (QED) is 0.593. The lowest BCUT2D eigenvalue weighted by molar-refractivity contribution is 0.433. The van der Waals surface area contributed by atoms with Gasteiger partial charge in [0.2, 0.25) is 0 Å². The van der Waals surface area contributed by atoms with Crippen molar-refractivity contribution in [1.29, 1.82) is 0 Å². The number of thioether (sulfide) groups is 1. The molecule has 0 aliphatic rings. The molecule has 13 heavy (non-hydrogen) atoms. The Morgan fingerprint density at radius 1 is 1.38 bits per heavy atom. The summed E-state index contributed by atoms with van der Waals surface area (Å²) in [6.07, 6.45) is 2.37. The van der Waals surface area contributed by atoms with E-state index in [-0.39, 0.29) is 0 Å². The topological polar surface area (TPSA) is 38.0 Å². The van der Waals surface area contributed by atoms with E-state index in [0.717, 1.165) is 6.54 Å². The molecule has 0 aromatic rings. The molecule has 0 radical (unpaired) electrons. The number of hydrogen-bond acceptors (Lipinski definition) is 3. The highest BCUT2D eigenvalue weighted by Crippen LogP contribution is 2.04. The second kappa shape index (κ2) is 8.85. The van der Waals surface area contributed by atoms with Gasteiger partial charge in [-0.3, -0.25) is 0 Å². The van der Waals surface area contributed by atoms with Crippen molar-refractivity contribution in [1.82, 2.24) is 5.32 Å². The largest absolute Gasteiger partial charge is 0.329 e. The van der Waals surface area contributed by atoms with Crippen LogP contribution < -0.4 is 11.1 Å². The van der Waals surface area contributed by atoms with Crippen molar-refractivity contribution in [2.24, 2.45) is 5.73 Å². The van der Waals surface area contributed by atoms with Gasteiger partial charge in [-0.25, -0.2) is 0 Å². The summed E-state index contributed by atoms with van der Waals surface area (Å²) in [6, 6.07) is 1.11. The van der Waals surface area contributed by atoms with Crippen LogP contribution >= 0.6 is 11.8 Å². The van der Waals surface area contributed by atoms with Crippen molar-refractivity contribution in [2.75, 3.05) is 18.1 Å². The van der Waals surface area contributed by atoms with Crippen molar-refractivity contribution < 1.29 is 0 Å². The molecule has 0 aliphatic heterocycles.